The molecule has 16 heavy (non-hydrogen) atoms. The normalized spacial score (nSPS) is 13.9. The van der Waals surface area contributed by atoms with Crippen molar-refractivity contribution in [2.24, 2.45) is 5.84 Å². The molecule has 1 atom stereocenters. The van der Waals surface area contributed by atoms with E-state index < -0.39 is 9.84 Å². The number of sulfone groups is 1. The predicted octanol–water partition coefficient (Wildman–Crippen LogP) is 1.61. The molecule has 0 aliphatic carbocycles. The first kappa shape index (κ1) is 15.9. The Balaban J connectivity index is 3.56. The Labute approximate surface area is 99.9 Å². The molecule has 0 spiro atoms. The lowest BCUT2D eigenvalue weighted by Gasteiger charge is -2.14. The second-order valence-corrected chi connectivity index (χ2v) is 6.70. The minimum atomic E-state index is -2.93. The van der Waals surface area contributed by atoms with Gasteiger partial charge in [-0.15, -0.1) is 0 Å². The minimum absolute atomic E-state index is 0.0961. The summed E-state index contributed by atoms with van der Waals surface area (Å²) in [6, 6.07) is -0.0961. The Morgan fingerprint density at radius 1 is 1.12 bits per heavy atom. The lowest BCUT2D eigenvalue weighted by molar-refractivity contribution is 0.485. The van der Waals surface area contributed by atoms with Crippen LogP contribution in [0.25, 0.3) is 0 Å². The maximum absolute atomic E-state index is 11.1. The van der Waals surface area contributed by atoms with Crippen LogP contribution in [0.4, 0.5) is 0 Å². The molecule has 0 saturated carbocycles. The van der Waals surface area contributed by atoms with Gasteiger partial charge in [0.05, 0.1) is 5.75 Å². The average Bonchev–Trinajstić information content (AvgIpc) is 2.19. The van der Waals surface area contributed by atoms with Gasteiger partial charge in [0.2, 0.25) is 0 Å². The molecule has 0 aromatic carbocycles. The van der Waals surface area contributed by atoms with Crippen LogP contribution in [0.5, 0.6) is 0 Å². The van der Waals surface area contributed by atoms with Crippen molar-refractivity contribution in [1.82, 2.24) is 5.43 Å². The molecule has 3 N–H and O–H groups in total. The lowest BCUT2D eigenvalue weighted by Crippen LogP contribution is -2.40. The van der Waals surface area contributed by atoms with Crippen LogP contribution in [0.2, 0.25) is 0 Å². The Morgan fingerprint density at radius 3 is 2.19 bits per heavy atom. The van der Waals surface area contributed by atoms with Crippen LogP contribution in [0, 0.1) is 0 Å². The SMILES string of the molecule is CCCCCCCCC(CS(C)(=O)=O)NN. The summed E-state index contributed by atoms with van der Waals surface area (Å²) in [5.41, 5.74) is 2.58. The molecule has 0 amide bonds. The summed E-state index contributed by atoms with van der Waals surface area (Å²) in [4.78, 5) is 0. The van der Waals surface area contributed by atoms with Crippen LogP contribution in [-0.2, 0) is 9.84 Å². The van der Waals surface area contributed by atoms with Crippen molar-refractivity contribution in [3.05, 3.63) is 0 Å². The molecule has 1 unspecified atom stereocenters. The maximum atomic E-state index is 11.1. The molecule has 98 valence electrons. The van der Waals surface area contributed by atoms with E-state index in [1.807, 2.05) is 0 Å². The first-order chi connectivity index (χ1) is 7.49. The van der Waals surface area contributed by atoms with Crippen LogP contribution < -0.4 is 11.3 Å². The van der Waals surface area contributed by atoms with E-state index in [9.17, 15) is 8.42 Å². The molecule has 0 fully saturated rings. The van der Waals surface area contributed by atoms with E-state index in [0.29, 0.717) is 0 Å². The van der Waals surface area contributed by atoms with E-state index in [4.69, 9.17) is 5.84 Å². The van der Waals surface area contributed by atoms with Gasteiger partial charge in [0, 0.05) is 12.3 Å². The highest BCUT2D eigenvalue weighted by Crippen LogP contribution is 2.09. The predicted molar refractivity (Wildman–Crippen MR) is 68.8 cm³/mol. The summed E-state index contributed by atoms with van der Waals surface area (Å²) in [6.45, 7) is 2.19. The smallest absolute Gasteiger partial charge is 0.149 e. The summed E-state index contributed by atoms with van der Waals surface area (Å²) >= 11 is 0. The van der Waals surface area contributed by atoms with Gasteiger partial charge in [-0.3, -0.25) is 11.3 Å². The van der Waals surface area contributed by atoms with E-state index in [2.05, 4.69) is 12.3 Å². The highest BCUT2D eigenvalue weighted by atomic mass is 32.2. The summed E-state index contributed by atoms with van der Waals surface area (Å²) in [5, 5.41) is 0. The molecule has 5 heteroatoms. The van der Waals surface area contributed by atoms with Gasteiger partial charge in [0.1, 0.15) is 9.84 Å². The van der Waals surface area contributed by atoms with Gasteiger partial charge in [0.15, 0.2) is 0 Å². The van der Waals surface area contributed by atoms with E-state index in [1.165, 1.54) is 38.4 Å². The van der Waals surface area contributed by atoms with Gasteiger partial charge < -0.3 is 0 Å². The van der Waals surface area contributed by atoms with Gasteiger partial charge in [0.25, 0.3) is 0 Å². The number of unbranched alkanes of at least 4 members (excludes halogenated alkanes) is 5. The monoisotopic (exact) mass is 250 g/mol. The van der Waals surface area contributed by atoms with Gasteiger partial charge in [-0.2, -0.15) is 0 Å². The summed E-state index contributed by atoms with van der Waals surface area (Å²) in [6.07, 6.45) is 9.38. The fourth-order valence-corrected chi connectivity index (χ4v) is 2.75. The molecule has 0 rings (SSSR count). The zero-order valence-corrected chi connectivity index (χ0v) is 11.4. The van der Waals surface area contributed by atoms with Gasteiger partial charge in [-0.25, -0.2) is 8.42 Å². The first-order valence-corrected chi connectivity index (χ1v) is 8.19. The Morgan fingerprint density at radius 2 is 1.69 bits per heavy atom. The lowest BCUT2D eigenvalue weighted by atomic mass is 10.1. The molecule has 0 heterocycles. The van der Waals surface area contributed by atoms with Crippen molar-refractivity contribution in [3.63, 3.8) is 0 Å². The fourth-order valence-electron chi connectivity index (χ4n) is 1.75. The van der Waals surface area contributed by atoms with Crippen molar-refractivity contribution < 1.29 is 8.42 Å². The van der Waals surface area contributed by atoms with Gasteiger partial charge in [-0.1, -0.05) is 45.4 Å². The molecular weight excluding hydrogens is 224 g/mol. The molecule has 0 saturated heterocycles. The molecule has 0 aromatic rings. The van der Waals surface area contributed by atoms with Gasteiger partial charge >= 0.3 is 0 Å². The van der Waals surface area contributed by atoms with Crippen LogP contribution in [0.3, 0.4) is 0 Å². The summed E-state index contributed by atoms with van der Waals surface area (Å²) in [5.74, 6) is 5.47. The minimum Gasteiger partial charge on any atom is -0.271 e. The van der Waals surface area contributed by atoms with E-state index in [1.54, 1.807) is 0 Å². The average molecular weight is 250 g/mol. The van der Waals surface area contributed by atoms with Gasteiger partial charge in [-0.05, 0) is 6.42 Å². The quantitative estimate of drug-likeness (QED) is 0.351. The van der Waals surface area contributed by atoms with Crippen molar-refractivity contribution in [1.29, 1.82) is 0 Å². The van der Waals surface area contributed by atoms with E-state index in [-0.39, 0.29) is 11.8 Å². The van der Waals surface area contributed by atoms with Crippen LogP contribution >= 0.6 is 0 Å². The first-order valence-electron chi connectivity index (χ1n) is 6.13. The Hall–Kier alpha value is -0.130. The number of hydrogen-bond donors (Lipinski definition) is 2. The van der Waals surface area contributed by atoms with Crippen molar-refractivity contribution >= 4 is 9.84 Å². The number of rotatable bonds is 10. The number of hydrazine groups is 1. The largest absolute Gasteiger partial charge is 0.271 e. The zero-order chi connectivity index (χ0) is 12.4. The molecule has 0 radical (unpaired) electrons. The van der Waals surface area contributed by atoms with Crippen LogP contribution in [0.1, 0.15) is 51.9 Å². The number of hydrogen-bond acceptors (Lipinski definition) is 4. The molecule has 0 aliphatic rings. The molecule has 0 aromatic heterocycles. The third-order valence-electron chi connectivity index (χ3n) is 2.65. The third-order valence-corrected chi connectivity index (χ3v) is 3.65. The zero-order valence-electron chi connectivity index (χ0n) is 10.5. The van der Waals surface area contributed by atoms with Crippen molar-refractivity contribution in [2.45, 2.75) is 57.9 Å². The molecule has 4 nitrogen and oxygen atoms in total. The van der Waals surface area contributed by atoms with Crippen LogP contribution in [0.15, 0.2) is 0 Å². The second kappa shape index (κ2) is 8.96. The van der Waals surface area contributed by atoms with Crippen molar-refractivity contribution in [3.8, 4) is 0 Å². The fraction of sp³-hybridized carbons (Fsp3) is 1.00. The summed E-state index contributed by atoms with van der Waals surface area (Å²) in [7, 11) is -2.93. The Kier molecular flexibility index (Phi) is 8.89. The standard InChI is InChI=1S/C11H26N2O2S/c1-3-4-5-6-7-8-9-11(13-12)10-16(2,14)15/h11,13H,3-10,12H2,1-2H3. The second-order valence-electron chi connectivity index (χ2n) is 4.51. The molecule has 0 aliphatic heterocycles. The molecular formula is C11H26N2O2S. The van der Waals surface area contributed by atoms with Crippen molar-refractivity contribution in [2.75, 3.05) is 12.0 Å². The van der Waals surface area contributed by atoms with E-state index >= 15 is 0 Å². The highest BCUT2D eigenvalue weighted by molar-refractivity contribution is 7.90. The highest BCUT2D eigenvalue weighted by Gasteiger charge is 2.12. The summed E-state index contributed by atoms with van der Waals surface area (Å²) < 4.78 is 22.2. The maximum Gasteiger partial charge on any atom is 0.149 e. The van der Waals surface area contributed by atoms with Crippen LogP contribution in [-0.4, -0.2) is 26.5 Å². The Bertz CT molecular complexity index is 253. The third kappa shape index (κ3) is 10.4. The topological polar surface area (TPSA) is 72.2 Å². The number of nitrogens with two attached hydrogens (primary N) is 1. The molecule has 0 bridgehead atoms. The van der Waals surface area contributed by atoms with E-state index in [0.717, 1.165) is 12.8 Å². The number of nitrogens with one attached hydrogen (secondary N) is 1.